The third kappa shape index (κ3) is 8.99. The van der Waals surface area contributed by atoms with Gasteiger partial charge in [0.25, 0.3) is 0 Å². The van der Waals surface area contributed by atoms with Crippen molar-refractivity contribution in [3.63, 3.8) is 0 Å². The van der Waals surface area contributed by atoms with Crippen molar-refractivity contribution in [1.29, 1.82) is 0 Å². The fraction of sp³-hybridized carbons (Fsp3) is 0.607. The number of anilines is 2. The summed E-state index contributed by atoms with van der Waals surface area (Å²) in [4.78, 5) is 21.6. The Morgan fingerprint density at radius 1 is 1.05 bits per heavy atom. The lowest BCUT2D eigenvalue weighted by atomic mass is 9.98. The van der Waals surface area contributed by atoms with E-state index in [0.29, 0.717) is 25.6 Å². The van der Waals surface area contributed by atoms with Gasteiger partial charge in [-0.05, 0) is 36.5 Å². The lowest BCUT2D eigenvalue weighted by Crippen LogP contribution is -2.34. The highest BCUT2D eigenvalue weighted by molar-refractivity contribution is 5.89. The van der Waals surface area contributed by atoms with Crippen LogP contribution < -0.4 is 10.2 Å². The van der Waals surface area contributed by atoms with Crippen LogP contribution in [0.15, 0.2) is 24.4 Å². The van der Waals surface area contributed by atoms with E-state index in [0.717, 1.165) is 24.8 Å². The van der Waals surface area contributed by atoms with Crippen LogP contribution in [0.4, 0.5) is 42.8 Å². The normalized spacial score (nSPS) is 15.9. The number of rotatable bonds is 9. The van der Waals surface area contributed by atoms with Gasteiger partial charge in [-0.2, -0.15) is 26.3 Å². The number of alkyl halides is 6. The highest BCUT2D eigenvalue weighted by Gasteiger charge is 2.49. The fourth-order valence-corrected chi connectivity index (χ4v) is 3.78. The molecule has 1 N–H and O–H groups in total. The summed E-state index contributed by atoms with van der Waals surface area (Å²) in [6.07, 6.45) is -8.65. The molecule has 224 valence electrons. The first kappa shape index (κ1) is 33.2. The Bertz CT molecular complexity index is 1120. The number of unbranched alkanes of at least 4 members (excludes halogenated alkanes) is 1. The summed E-state index contributed by atoms with van der Waals surface area (Å²) in [7, 11) is 0. The topological polar surface area (TPSA) is 67.4 Å². The first-order valence-corrected chi connectivity index (χ1v) is 13.5. The molecule has 6 nitrogen and oxygen atoms in total. The third-order valence-electron chi connectivity index (χ3n) is 6.44. The Labute approximate surface area is 231 Å². The molecule has 0 fully saturated rings. The summed E-state index contributed by atoms with van der Waals surface area (Å²) in [5.41, 5.74) is -2.23. The maximum Gasteiger partial charge on any atom is 0.430 e. The van der Waals surface area contributed by atoms with Crippen molar-refractivity contribution in [2.24, 2.45) is 11.8 Å². The zero-order chi connectivity index (χ0) is 30.3. The highest BCUT2D eigenvalue weighted by atomic mass is 19.4. The number of cyclic esters (lactones) is 1. The summed E-state index contributed by atoms with van der Waals surface area (Å²) < 4.78 is 87.5. The minimum Gasteiger partial charge on any atom is -0.431 e. The van der Waals surface area contributed by atoms with Crippen molar-refractivity contribution in [2.75, 3.05) is 23.3 Å². The van der Waals surface area contributed by atoms with Gasteiger partial charge in [-0.25, -0.2) is 14.8 Å². The molecule has 40 heavy (non-hydrogen) atoms. The largest absolute Gasteiger partial charge is 0.431 e. The molecule has 1 amide bonds. The molecule has 0 radical (unpaired) electrons. The lowest BCUT2D eigenvalue weighted by molar-refractivity contribution is -0.206. The highest BCUT2D eigenvalue weighted by Crippen LogP contribution is 2.46. The number of nitrogens with zero attached hydrogens (tertiary/aromatic N) is 3. The SMILES string of the molecule is CCC(C)CN(CCC(C)C)c1cc(C(F)(F)F)cc(-c2ccnc3c2C(C(F)(F)F)OC(=O)N3)n1.CCCC. The summed E-state index contributed by atoms with van der Waals surface area (Å²) in [5, 5.41) is 2.09. The molecule has 12 heteroatoms. The van der Waals surface area contributed by atoms with E-state index in [1.54, 1.807) is 4.90 Å². The molecule has 0 bridgehead atoms. The molecule has 2 unspecified atom stereocenters. The maximum absolute atomic E-state index is 13.9. The summed E-state index contributed by atoms with van der Waals surface area (Å²) in [5.74, 6) is -0.0159. The number of carbonyl (C=O) groups is 1. The van der Waals surface area contributed by atoms with Gasteiger partial charge in [0.05, 0.1) is 16.8 Å². The van der Waals surface area contributed by atoms with E-state index in [2.05, 4.69) is 33.9 Å². The average molecular weight is 577 g/mol. The molecule has 2 aromatic heterocycles. The number of carbonyl (C=O) groups excluding carboxylic acids is 1. The van der Waals surface area contributed by atoms with Crippen molar-refractivity contribution >= 4 is 17.7 Å². The molecule has 1 aliphatic rings. The predicted octanol–water partition coefficient (Wildman–Crippen LogP) is 9.03. The van der Waals surface area contributed by atoms with Crippen LogP contribution >= 0.6 is 0 Å². The number of aromatic nitrogens is 2. The molecule has 0 aliphatic carbocycles. The van der Waals surface area contributed by atoms with Crippen LogP contribution in [0.5, 0.6) is 0 Å². The first-order chi connectivity index (χ1) is 18.6. The van der Waals surface area contributed by atoms with E-state index in [1.807, 2.05) is 27.7 Å². The monoisotopic (exact) mass is 576 g/mol. The van der Waals surface area contributed by atoms with Crippen molar-refractivity contribution in [1.82, 2.24) is 9.97 Å². The van der Waals surface area contributed by atoms with Gasteiger partial charge in [-0.3, -0.25) is 5.32 Å². The van der Waals surface area contributed by atoms with Gasteiger partial charge in [0, 0.05) is 24.8 Å². The van der Waals surface area contributed by atoms with Crippen LogP contribution in [0, 0.1) is 11.8 Å². The zero-order valence-electron chi connectivity index (χ0n) is 23.7. The summed E-state index contributed by atoms with van der Waals surface area (Å²) >= 11 is 0. The van der Waals surface area contributed by atoms with Crippen LogP contribution in [0.25, 0.3) is 11.3 Å². The summed E-state index contributed by atoms with van der Waals surface area (Å²) in [6.45, 7) is 13.1. The molecular weight excluding hydrogens is 538 g/mol. The van der Waals surface area contributed by atoms with Crippen molar-refractivity contribution in [3.05, 3.63) is 35.5 Å². The number of pyridine rings is 2. The van der Waals surface area contributed by atoms with Crippen LogP contribution in [0.2, 0.25) is 0 Å². The van der Waals surface area contributed by atoms with Gasteiger partial charge in [0.1, 0.15) is 11.6 Å². The van der Waals surface area contributed by atoms with Gasteiger partial charge >= 0.3 is 18.4 Å². The first-order valence-electron chi connectivity index (χ1n) is 13.5. The summed E-state index contributed by atoms with van der Waals surface area (Å²) in [6, 6.07) is 2.75. The van der Waals surface area contributed by atoms with E-state index in [1.165, 1.54) is 12.8 Å². The van der Waals surface area contributed by atoms with Gasteiger partial charge < -0.3 is 9.64 Å². The van der Waals surface area contributed by atoms with E-state index in [9.17, 15) is 31.1 Å². The zero-order valence-corrected chi connectivity index (χ0v) is 23.7. The van der Waals surface area contributed by atoms with Crippen LogP contribution in [-0.2, 0) is 10.9 Å². The molecule has 0 spiro atoms. The fourth-order valence-electron chi connectivity index (χ4n) is 3.78. The average Bonchev–Trinajstić information content (AvgIpc) is 2.88. The Morgan fingerprint density at radius 2 is 1.70 bits per heavy atom. The Morgan fingerprint density at radius 3 is 2.23 bits per heavy atom. The number of hydrogen-bond acceptors (Lipinski definition) is 5. The minimum atomic E-state index is -5.02. The number of halogens is 6. The van der Waals surface area contributed by atoms with Crippen LogP contribution in [0.1, 0.15) is 84.5 Å². The molecule has 0 saturated carbocycles. The molecule has 3 heterocycles. The van der Waals surface area contributed by atoms with Crippen molar-refractivity contribution in [3.8, 4) is 11.3 Å². The van der Waals surface area contributed by atoms with Crippen molar-refractivity contribution < 1.29 is 35.9 Å². The smallest absolute Gasteiger partial charge is 0.430 e. The number of nitrogens with one attached hydrogen (secondary N) is 1. The van der Waals surface area contributed by atoms with Gasteiger partial charge in [-0.1, -0.05) is 60.8 Å². The Balaban J connectivity index is 0.00000131. The van der Waals surface area contributed by atoms with E-state index >= 15 is 0 Å². The van der Waals surface area contributed by atoms with E-state index < -0.39 is 41.5 Å². The minimum absolute atomic E-state index is 0.00987. The maximum atomic E-state index is 13.9. The van der Waals surface area contributed by atoms with Gasteiger partial charge in [-0.15, -0.1) is 0 Å². The molecule has 1 aliphatic heterocycles. The lowest BCUT2D eigenvalue weighted by Gasteiger charge is -2.30. The van der Waals surface area contributed by atoms with Crippen LogP contribution in [-0.4, -0.2) is 35.3 Å². The second-order valence-electron chi connectivity index (χ2n) is 10.3. The van der Waals surface area contributed by atoms with Crippen molar-refractivity contribution in [2.45, 2.75) is 85.7 Å². The van der Waals surface area contributed by atoms with Gasteiger partial charge in [0.2, 0.25) is 6.10 Å². The molecule has 0 saturated heterocycles. The van der Waals surface area contributed by atoms with E-state index in [-0.39, 0.29) is 28.9 Å². The predicted molar refractivity (Wildman–Crippen MR) is 143 cm³/mol. The Kier molecular flexibility index (Phi) is 11.6. The second-order valence-corrected chi connectivity index (χ2v) is 10.3. The van der Waals surface area contributed by atoms with Crippen LogP contribution in [0.3, 0.4) is 0 Å². The Hall–Kier alpha value is -3.05. The third-order valence-corrected chi connectivity index (χ3v) is 6.44. The quantitative estimate of drug-likeness (QED) is 0.302. The number of amides is 1. The molecular formula is C28H38F6N4O2. The molecule has 3 rings (SSSR count). The number of ether oxygens (including phenoxy) is 1. The standard InChI is InChI=1S/C24H28F6N4O2.C4H10/c1-5-14(4)12-34(9-7-13(2)3)18-11-15(23(25,26)27)10-17(32-18)16-6-8-31-21-19(16)20(24(28,29)30)36-22(35)33-21;1-3-4-2/h6,8,10-11,13-14,20H,5,7,9,12H2,1-4H3,(H,31,33,35);3-4H2,1-2H3. The van der Waals surface area contributed by atoms with E-state index in [4.69, 9.17) is 0 Å². The number of hydrogen-bond donors (Lipinski definition) is 1. The molecule has 0 aromatic carbocycles. The van der Waals surface area contributed by atoms with Gasteiger partial charge in [0.15, 0.2) is 0 Å². The number of fused-ring (bicyclic) bond motifs is 1. The molecule has 2 aromatic rings. The second kappa shape index (κ2) is 14.0. The molecule has 2 atom stereocenters.